The number of benzene rings is 6. The number of nitrogens with zero attached hydrogens (tertiary/aromatic N) is 11. The Morgan fingerprint density at radius 2 is 1.08 bits per heavy atom. The maximum Gasteiger partial charge on any atom is 0.352 e. The van der Waals surface area contributed by atoms with Gasteiger partial charge in [0.15, 0.2) is 5.34 Å². The minimum atomic E-state index is -0.965. The van der Waals surface area contributed by atoms with Crippen LogP contribution in [0.4, 0.5) is 5.82 Å². The van der Waals surface area contributed by atoms with E-state index >= 15 is 0 Å². The SMILES string of the molecule is C.CC(C)(C)ON=O.N#Cc1cnn(-c2ccccc2)c1.N#Cc1cnn(-c2ccccc2)c1N.NC1(c2cnn(-c3ccccc3)c2)CC1.O=C(NC1(c2cnn(-c3ccccc3)c2)CC1)c1cc2cc(Cl)ccc2[nH]1.O=C(O)c1cc2cc(Cl)ccc2[nH]1. The van der Waals surface area contributed by atoms with E-state index in [2.05, 4.69) is 45.9 Å². The Kier molecular flexibility index (Phi) is 21.0. The van der Waals surface area contributed by atoms with Crippen LogP contribution >= 0.6 is 23.2 Å². The van der Waals surface area contributed by atoms with Gasteiger partial charge in [0, 0.05) is 67.1 Å². The van der Waals surface area contributed by atoms with Crippen LogP contribution in [0.3, 0.4) is 0 Å². The van der Waals surface area contributed by atoms with Crippen LogP contribution in [0.15, 0.2) is 219 Å². The lowest BCUT2D eigenvalue weighted by molar-refractivity contribution is -0.00231. The first-order valence-corrected chi connectivity index (χ1v) is 28.5. The van der Waals surface area contributed by atoms with Gasteiger partial charge in [-0.05, 0) is 144 Å². The summed E-state index contributed by atoms with van der Waals surface area (Å²) in [7, 11) is 0. The molecule has 2 saturated carbocycles. The van der Waals surface area contributed by atoms with Crippen molar-refractivity contribution in [3.05, 3.63) is 262 Å². The van der Waals surface area contributed by atoms with Gasteiger partial charge in [-0.25, -0.2) is 23.5 Å². The Hall–Kier alpha value is -11.1. The third kappa shape index (κ3) is 16.9. The van der Waals surface area contributed by atoms with Gasteiger partial charge in [-0.3, -0.25) is 4.79 Å². The van der Waals surface area contributed by atoms with Gasteiger partial charge < -0.3 is 36.7 Å². The number of aromatic carboxylic acids is 1. The van der Waals surface area contributed by atoms with Crippen molar-refractivity contribution in [3.8, 4) is 34.9 Å². The number of hydrogen-bond donors (Lipinski definition) is 6. The summed E-state index contributed by atoms with van der Waals surface area (Å²) in [5.41, 5.74) is 20.4. The molecule has 12 aromatic rings. The van der Waals surface area contributed by atoms with E-state index in [1.54, 1.807) is 66.8 Å². The molecule has 2 fully saturated rings. The molecule has 23 heteroatoms. The fourth-order valence-electron chi connectivity index (χ4n) is 8.79. The van der Waals surface area contributed by atoms with E-state index in [9.17, 15) is 14.5 Å². The number of aromatic nitrogens is 10. The van der Waals surface area contributed by atoms with Crippen molar-refractivity contribution in [3.63, 3.8) is 0 Å². The molecule has 2 aliphatic rings. The number of carbonyl (C=O) groups is 2. The quantitative estimate of drug-likeness (QED) is 0.0549. The van der Waals surface area contributed by atoms with Crippen molar-refractivity contribution < 1.29 is 19.5 Å². The second-order valence-corrected chi connectivity index (χ2v) is 22.4. The third-order valence-electron chi connectivity index (χ3n) is 13.8. The minimum absolute atomic E-state index is 0. The number of carboxylic acids is 1. The van der Waals surface area contributed by atoms with Crippen LogP contribution in [0.5, 0.6) is 0 Å². The number of anilines is 1. The number of H-pyrrole nitrogens is 2. The molecule has 0 saturated heterocycles. The van der Waals surface area contributed by atoms with Gasteiger partial charge in [0.1, 0.15) is 40.5 Å². The molecule has 90 heavy (non-hydrogen) atoms. The highest BCUT2D eigenvalue weighted by atomic mass is 35.5. The van der Waals surface area contributed by atoms with Gasteiger partial charge in [-0.2, -0.15) is 30.9 Å². The van der Waals surface area contributed by atoms with Crippen LogP contribution in [0.25, 0.3) is 44.6 Å². The maximum absolute atomic E-state index is 12.8. The molecule has 21 nitrogen and oxygen atoms in total. The molecule has 1 amide bonds. The van der Waals surface area contributed by atoms with Gasteiger partial charge in [0.2, 0.25) is 0 Å². The number of amides is 1. The fourth-order valence-corrected chi connectivity index (χ4v) is 9.15. The monoisotopic (exact) mass is 1240 g/mol. The number of aromatic amines is 2. The van der Waals surface area contributed by atoms with Crippen LogP contribution in [0.2, 0.25) is 10.0 Å². The number of nitrogens with two attached hydrogens (primary N) is 2. The molecular weight excluding hydrogens is 1180 g/mol. The molecule has 6 aromatic heterocycles. The van der Waals surface area contributed by atoms with Crippen LogP contribution in [-0.2, 0) is 15.9 Å². The first-order chi connectivity index (χ1) is 42.9. The predicted molar refractivity (Wildman–Crippen MR) is 349 cm³/mol. The van der Waals surface area contributed by atoms with E-state index in [0.29, 0.717) is 32.7 Å². The average Bonchev–Trinajstić information content (AvgIpc) is 2.60. The molecule has 0 atom stereocenters. The Balaban J connectivity index is 0.000000146. The molecule has 0 aliphatic heterocycles. The predicted octanol–water partition coefficient (Wildman–Crippen LogP) is 14.0. The van der Waals surface area contributed by atoms with Gasteiger partial charge in [0.25, 0.3) is 5.91 Å². The van der Waals surface area contributed by atoms with Gasteiger partial charge in [0.05, 0.1) is 58.6 Å². The lowest BCUT2D eigenvalue weighted by atomic mass is 10.1. The second-order valence-electron chi connectivity index (χ2n) is 21.5. The molecule has 0 spiro atoms. The Morgan fingerprint density at radius 3 is 1.50 bits per heavy atom. The van der Waals surface area contributed by atoms with Crippen LogP contribution in [0.1, 0.15) is 97.1 Å². The normalized spacial score (nSPS) is 12.7. The van der Waals surface area contributed by atoms with E-state index in [4.69, 9.17) is 50.3 Å². The summed E-state index contributed by atoms with van der Waals surface area (Å²) in [6.07, 6.45) is 16.4. The van der Waals surface area contributed by atoms with Crippen LogP contribution < -0.4 is 16.8 Å². The zero-order valence-corrected chi connectivity index (χ0v) is 50.0. The number of nitrogen functional groups attached to an aromatic ring is 1. The first kappa shape index (κ1) is 64.9. The number of nitriles is 2. The molecule has 6 aromatic carbocycles. The summed E-state index contributed by atoms with van der Waals surface area (Å²) in [5.74, 6) is -0.710. The number of hydrogen-bond acceptors (Lipinski definition) is 13. The standard InChI is InChI=1S/C21H17ClN4O.C12H13N3.C10H8N4.C10H7N3.C9H6ClNO2.C4H9NO2.CH4/c22-16-6-7-18-14(10-16)11-19(24-18)20(27)25-21(8-9-21)15-12-23-26(13-15)17-4-2-1-3-5-17;13-12(6-7-12)10-8-14-15(9-10)11-4-2-1-3-5-11;11-6-8-7-13-14(10(8)12)9-4-2-1-3-5-9;11-6-9-7-12-13(8-9)10-4-2-1-3-5-10;10-6-1-2-7-5(3-6)4-8(11-7)9(12)13;1-4(2,3)7-5-6;/h1-7,10-13,24H,8-9H2,(H,25,27);1-5,8-9H,6-7,13H2;1-5,7H,12H2;1-5,7-8H;1-4,11H,(H,12,13);1-3H3;1H4. The molecule has 0 bridgehead atoms. The highest BCUT2D eigenvalue weighted by Crippen LogP contribution is 2.46. The highest BCUT2D eigenvalue weighted by Gasteiger charge is 2.47. The minimum Gasteiger partial charge on any atom is -0.477 e. The second kappa shape index (κ2) is 29.1. The number of para-hydroxylation sites is 4. The Bertz CT molecular complexity index is 4430. The number of nitrogens with one attached hydrogen (secondary N) is 3. The number of carboxylic acid groups (broad SMARTS) is 1. The summed E-state index contributed by atoms with van der Waals surface area (Å²) in [4.78, 5) is 43.0. The summed E-state index contributed by atoms with van der Waals surface area (Å²) < 4.78 is 6.94. The van der Waals surface area contributed by atoms with Crippen molar-refractivity contribution >= 4 is 62.7 Å². The van der Waals surface area contributed by atoms with Crippen LogP contribution in [-0.4, -0.2) is 71.7 Å². The number of halogens is 2. The van der Waals surface area contributed by atoms with Gasteiger partial charge in [-0.15, -0.1) is 4.91 Å². The molecule has 0 radical (unpaired) electrons. The lowest BCUT2D eigenvalue weighted by Gasteiger charge is -2.15. The van der Waals surface area contributed by atoms with Crippen molar-refractivity contribution in [1.29, 1.82) is 10.5 Å². The molecule has 8 N–H and O–H groups in total. The fraction of sp³-hybridized carbons (Fsp3) is 0.164. The number of rotatable bonds is 10. The molecule has 6 heterocycles. The Morgan fingerprint density at radius 1 is 0.622 bits per heavy atom. The van der Waals surface area contributed by atoms with E-state index in [0.717, 1.165) is 81.4 Å². The molecule has 14 rings (SSSR count). The highest BCUT2D eigenvalue weighted by molar-refractivity contribution is 6.31. The largest absolute Gasteiger partial charge is 0.477 e. The molecule has 2 aliphatic carbocycles. The summed E-state index contributed by atoms with van der Waals surface area (Å²) in [6, 6.07) is 57.3. The van der Waals surface area contributed by atoms with Crippen molar-refractivity contribution in [2.24, 2.45) is 11.1 Å². The molecular formula is C67H64Cl2N16O5. The van der Waals surface area contributed by atoms with Crippen LogP contribution in [0, 0.1) is 27.6 Å². The summed E-state index contributed by atoms with van der Waals surface area (Å²) in [5, 5.41) is 51.3. The smallest absolute Gasteiger partial charge is 0.352 e. The van der Waals surface area contributed by atoms with E-state index in [1.165, 1.54) is 6.20 Å². The molecule has 456 valence electrons. The average molecular weight is 1240 g/mol. The first-order valence-electron chi connectivity index (χ1n) is 27.8. The Labute approximate surface area is 528 Å². The zero-order valence-electron chi connectivity index (χ0n) is 48.4. The lowest BCUT2D eigenvalue weighted by Crippen LogP contribution is -2.34. The maximum atomic E-state index is 12.8. The van der Waals surface area contributed by atoms with E-state index in [-0.39, 0.29) is 30.1 Å². The summed E-state index contributed by atoms with van der Waals surface area (Å²) in [6.45, 7) is 5.28. The van der Waals surface area contributed by atoms with Gasteiger partial charge in [-0.1, -0.05) is 103 Å². The third-order valence-corrected chi connectivity index (χ3v) is 14.3. The van der Waals surface area contributed by atoms with Crippen molar-refractivity contribution in [1.82, 2.24) is 54.4 Å². The van der Waals surface area contributed by atoms with Crippen molar-refractivity contribution in [2.75, 3.05) is 5.73 Å². The van der Waals surface area contributed by atoms with Crippen molar-refractivity contribution in [2.45, 2.75) is 70.6 Å². The summed E-state index contributed by atoms with van der Waals surface area (Å²) >= 11 is 11.8. The number of fused-ring (bicyclic) bond motifs is 2. The van der Waals surface area contributed by atoms with E-state index in [1.807, 2.05) is 192 Å². The van der Waals surface area contributed by atoms with E-state index < -0.39 is 11.6 Å². The topological polar surface area (TPSA) is 308 Å². The zero-order chi connectivity index (χ0) is 63.1. The molecule has 0 unspecified atom stereocenters. The van der Waals surface area contributed by atoms with Gasteiger partial charge >= 0.3 is 5.97 Å². The number of carbonyl (C=O) groups excluding carboxylic acids is 1.